The van der Waals surface area contributed by atoms with Crippen molar-refractivity contribution in [3.05, 3.63) is 23.7 Å². The molecule has 0 saturated carbocycles. The molecule has 0 saturated heterocycles. The molecule has 1 aromatic rings. The Hall–Kier alpha value is -0.490. The largest absolute Gasteiger partial charge is 0.464 e. The Morgan fingerprint density at radius 2 is 2.19 bits per heavy atom. The first-order valence-corrected chi connectivity index (χ1v) is 6.72. The molecule has 4 nitrogen and oxygen atoms in total. The van der Waals surface area contributed by atoms with E-state index in [1.165, 1.54) is 0 Å². The summed E-state index contributed by atoms with van der Waals surface area (Å²) in [5.41, 5.74) is 0. The Bertz CT molecular complexity index is 278. The summed E-state index contributed by atoms with van der Waals surface area (Å²) in [7, 11) is 0. The predicted octanol–water partition coefficient (Wildman–Crippen LogP) is 1.24. The van der Waals surface area contributed by atoms with Crippen LogP contribution in [0.2, 0.25) is 0 Å². The van der Waals surface area contributed by atoms with Crippen molar-refractivity contribution in [1.82, 2.24) is 5.32 Å². The van der Waals surface area contributed by atoms with E-state index in [2.05, 4.69) is 11.6 Å². The first kappa shape index (κ1) is 13.6. The molecular weight excluding hydrogens is 226 g/mol. The quantitative estimate of drug-likeness (QED) is 0.641. The Kier molecular flexibility index (Phi) is 7.33. The van der Waals surface area contributed by atoms with Crippen molar-refractivity contribution in [3.8, 4) is 0 Å². The molecule has 0 aliphatic carbocycles. The monoisotopic (exact) mass is 245 g/mol. The summed E-state index contributed by atoms with van der Waals surface area (Å²) in [6.07, 6.45) is 2.05. The van der Waals surface area contributed by atoms with E-state index < -0.39 is 0 Å². The van der Waals surface area contributed by atoms with E-state index >= 15 is 0 Å². The Morgan fingerprint density at radius 1 is 1.38 bits per heavy atom. The molecule has 0 spiro atoms. The smallest absolute Gasteiger partial charge is 0.118 e. The zero-order valence-corrected chi connectivity index (χ0v) is 10.4. The van der Waals surface area contributed by atoms with Crippen molar-refractivity contribution in [1.29, 1.82) is 0 Å². The van der Waals surface area contributed by atoms with Gasteiger partial charge in [-0.1, -0.05) is 0 Å². The van der Waals surface area contributed by atoms with E-state index in [0.29, 0.717) is 13.2 Å². The Morgan fingerprint density at radius 3 is 2.94 bits per heavy atom. The van der Waals surface area contributed by atoms with Crippen molar-refractivity contribution < 1.29 is 14.3 Å². The van der Waals surface area contributed by atoms with Crippen molar-refractivity contribution in [2.45, 2.75) is 12.3 Å². The number of aliphatic hydroxyl groups is 1. The summed E-state index contributed by atoms with van der Waals surface area (Å²) in [6, 6.07) is 4.00. The van der Waals surface area contributed by atoms with Gasteiger partial charge in [0.2, 0.25) is 0 Å². The third-order valence-corrected chi connectivity index (χ3v) is 2.54. The van der Waals surface area contributed by atoms with Gasteiger partial charge >= 0.3 is 0 Å². The second kappa shape index (κ2) is 8.64. The zero-order chi connectivity index (χ0) is 11.6. The maximum atomic E-state index is 8.49. The lowest BCUT2D eigenvalue weighted by Gasteiger charge is -2.03. The van der Waals surface area contributed by atoms with Gasteiger partial charge in [-0.3, -0.25) is 0 Å². The molecule has 1 rings (SSSR count). The maximum absolute atomic E-state index is 8.49. The SMILES string of the molecule is CSCc1ccc(CNCCOCCO)o1. The number of hydrogen-bond acceptors (Lipinski definition) is 5. The molecule has 92 valence electrons. The number of hydrogen-bond donors (Lipinski definition) is 2. The molecule has 0 unspecified atom stereocenters. The highest BCUT2D eigenvalue weighted by atomic mass is 32.2. The van der Waals surface area contributed by atoms with Crippen LogP contribution in [0.25, 0.3) is 0 Å². The van der Waals surface area contributed by atoms with E-state index in [1.54, 1.807) is 11.8 Å². The zero-order valence-electron chi connectivity index (χ0n) is 9.57. The third-order valence-electron chi connectivity index (χ3n) is 1.96. The summed E-state index contributed by atoms with van der Waals surface area (Å²) < 4.78 is 10.7. The molecule has 5 heteroatoms. The molecule has 0 radical (unpaired) electrons. The van der Waals surface area contributed by atoms with Gasteiger partial charge < -0.3 is 19.6 Å². The molecule has 0 aromatic carbocycles. The number of nitrogens with one attached hydrogen (secondary N) is 1. The van der Waals surface area contributed by atoms with Crippen molar-refractivity contribution >= 4 is 11.8 Å². The number of furan rings is 1. The van der Waals surface area contributed by atoms with Gasteiger partial charge in [-0.05, 0) is 18.4 Å². The fraction of sp³-hybridized carbons (Fsp3) is 0.636. The van der Waals surface area contributed by atoms with Gasteiger partial charge in [0.15, 0.2) is 0 Å². The molecule has 0 atom stereocenters. The highest BCUT2D eigenvalue weighted by Crippen LogP contribution is 2.12. The molecule has 16 heavy (non-hydrogen) atoms. The maximum Gasteiger partial charge on any atom is 0.118 e. The lowest BCUT2D eigenvalue weighted by molar-refractivity contribution is 0.0936. The van der Waals surface area contributed by atoms with Crippen LogP contribution >= 0.6 is 11.8 Å². The molecule has 2 N–H and O–H groups in total. The lowest BCUT2D eigenvalue weighted by Crippen LogP contribution is -2.19. The second-order valence-electron chi connectivity index (χ2n) is 3.31. The van der Waals surface area contributed by atoms with Crippen LogP contribution in [-0.4, -0.2) is 37.7 Å². The molecule has 0 aliphatic rings. The van der Waals surface area contributed by atoms with Gasteiger partial charge in [0.1, 0.15) is 11.5 Å². The molecule has 0 amide bonds. The molecule has 0 fully saturated rings. The first-order valence-electron chi connectivity index (χ1n) is 5.32. The Balaban J connectivity index is 2.07. The summed E-state index contributed by atoms with van der Waals surface area (Å²) in [6.45, 7) is 2.57. The fourth-order valence-corrected chi connectivity index (χ4v) is 1.70. The van der Waals surface area contributed by atoms with Gasteiger partial charge in [0.05, 0.1) is 32.1 Å². The van der Waals surface area contributed by atoms with Gasteiger partial charge in [-0.15, -0.1) is 0 Å². The minimum absolute atomic E-state index is 0.0796. The average Bonchev–Trinajstić information content (AvgIpc) is 2.72. The average molecular weight is 245 g/mol. The van der Waals surface area contributed by atoms with Crippen LogP contribution in [0, 0.1) is 0 Å². The van der Waals surface area contributed by atoms with Gasteiger partial charge in [-0.2, -0.15) is 11.8 Å². The van der Waals surface area contributed by atoms with E-state index in [-0.39, 0.29) is 6.61 Å². The normalized spacial score (nSPS) is 10.9. The molecule has 0 aliphatic heterocycles. The number of aliphatic hydroxyl groups excluding tert-OH is 1. The van der Waals surface area contributed by atoms with E-state index in [0.717, 1.165) is 30.4 Å². The van der Waals surface area contributed by atoms with Crippen molar-refractivity contribution in [2.75, 3.05) is 32.6 Å². The molecular formula is C11H19NO3S. The summed E-state index contributed by atoms with van der Waals surface area (Å²) in [4.78, 5) is 0. The topological polar surface area (TPSA) is 54.6 Å². The molecule has 1 heterocycles. The van der Waals surface area contributed by atoms with E-state index in [4.69, 9.17) is 14.3 Å². The molecule has 1 aromatic heterocycles. The van der Waals surface area contributed by atoms with E-state index in [1.807, 2.05) is 12.1 Å². The van der Waals surface area contributed by atoms with Crippen LogP contribution < -0.4 is 5.32 Å². The molecule has 0 bridgehead atoms. The highest BCUT2D eigenvalue weighted by Gasteiger charge is 2.00. The standard InChI is InChI=1S/C11H19NO3S/c1-16-9-11-3-2-10(15-11)8-12-4-6-14-7-5-13/h2-3,12-13H,4-9H2,1H3. The van der Waals surface area contributed by atoms with Crippen molar-refractivity contribution in [3.63, 3.8) is 0 Å². The minimum Gasteiger partial charge on any atom is -0.464 e. The summed E-state index contributed by atoms with van der Waals surface area (Å²) in [5, 5.41) is 11.7. The predicted molar refractivity (Wildman–Crippen MR) is 65.5 cm³/mol. The van der Waals surface area contributed by atoms with Crippen LogP contribution in [0.3, 0.4) is 0 Å². The summed E-state index contributed by atoms with van der Waals surface area (Å²) >= 11 is 1.75. The number of thioether (sulfide) groups is 1. The van der Waals surface area contributed by atoms with Gasteiger partial charge in [0, 0.05) is 6.54 Å². The van der Waals surface area contributed by atoms with E-state index in [9.17, 15) is 0 Å². The Labute approximate surface area is 100 Å². The van der Waals surface area contributed by atoms with Gasteiger partial charge in [-0.25, -0.2) is 0 Å². The number of rotatable bonds is 9. The van der Waals surface area contributed by atoms with Crippen LogP contribution in [0.15, 0.2) is 16.5 Å². The highest BCUT2D eigenvalue weighted by molar-refractivity contribution is 7.97. The van der Waals surface area contributed by atoms with Gasteiger partial charge in [0.25, 0.3) is 0 Å². The third kappa shape index (κ3) is 5.55. The second-order valence-corrected chi connectivity index (χ2v) is 4.18. The minimum atomic E-state index is 0.0796. The fourth-order valence-electron chi connectivity index (χ4n) is 1.26. The van der Waals surface area contributed by atoms with Crippen molar-refractivity contribution in [2.24, 2.45) is 0 Å². The van der Waals surface area contributed by atoms with Crippen LogP contribution in [0.4, 0.5) is 0 Å². The van der Waals surface area contributed by atoms with Crippen LogP contribution in [0.1, 0.15) is 11.5 Å². The lowest BCUT2D eigenvalue weighted by atomic mass is 10.4. The summed E-state index contributed by atoms with van der Waals surface area (Å²) in [5.74, 6) is 2.88. The van der Waals surface area contributed by atoms with Crippen LogP contribution in [-0.2, 0) is 17.0 Å². The first-order chi connectivity index (χ1) is 7.86. The number of ether oxygens (including phenoxy) is 1. The van der Waals surface area contributed by atoms with Crippen LogP contribution in [0.5, 0.6) is 0 Å².